The smallest absolute Gasteiger partial charge is 0.329 e. The molecular weight excluding hydrogens is 366 g/mol. The fraction of sp³-hybridized carbons (Fsp3) is 0.348. The third kappa shape index (κ3) is 4.47. The lowest BCUT2D eigenvalue weighted by Crippen LogP contribution is -2.40. The van der Waals surface area contributed by atoms with E-state index in [1.54, 1.807) is 24.3 Å². The molecule has 0 bridgehead atoms. The first-order chi connectivity index (χ1) is 14.1. The Labute approximate surface area is 170 Å². The maximum Gasteiger partial charge on any atom is 0.329 e. The van der Waals surface area contributed by atoms with E-state index >= 15 is 0 Å². The maximum absolute atomic E-state index is 12.9. The number of hydrogen-bond acceptors (Lipinski definition) is 3. The number of imide groups is 1. The Morgan fingerprint density at radius 2 is 1.79 bits per heavy atom. The van der Waals surface area contributed by atoms with Gasteiger partial charge in [0.15, 0.2) is 0 Å². The molecule has 2 fully saturated rings. The predicted molar refractivity (Wildman–Crippen MR) is 111 cm³/mol. The molecule has 2 heterocycles. The molecule has 6 nitrogen and oxygen atoms in total. The number of likely N-dealkylation sites (tertiary alicyclic amines) is 1. The van der Waals surface area contributed by atoms with Crippen molar-refractivity contribution in [3.63, 3.8) is 0 Å². The normalized spacial score (nSPS) is 19.4. The molecule has 0 spiro atoms. The lowest BCUT2D eigenvalue weighted by Gasteiger charge is -2.33. The van der Waals surface area contributed by atoms with Gasteiger partial charge in [-0.2, -0.15) is 0 Å². The van der Waals surface area contributed by atoms with Crippen molar-refractivity contribution in [3.8, 4) is 0 Å². The zero-order valence-corrected chi connectivity index (χ0v) is 16.3. The standard InChI is InChI=1S/C23H25N3O3/c27-21-16-26(23(29)24-21)20-12-10-19(11-13-20)22(28)25-14-4-7-18(15-25)9-8-17-5-2-1-3-6-17/h1-3,5-6,10-13,18H,4,7-9,14-16H2,(H,24,27,29)/t18-/m1/s1. The Hall–Kier alpha value is -3.15. The van der Waals surface area contributed by atoms with Gasteiger partial charge in [-0.3, -0.25) is 19.8 Å². The number of carbonyl (C=O) groups excluding carboxylic acids is 3. The van der Waals surface area contributed by atoms with Crippen molar-refractivity contribution in [1.29, 1.82) is 0 Å². The Bertz CT molecular complexity index is 895. The van der Waals surface area contributed by atoms with E-state index in [9.17, 15) is 14.4 Å². The van der Waals surface area contributed by atoms with Crippen molar-refractivity contribution in [1.82, 2.24) is 10.2 Å². The van der Waals surface area contributed by atoms with E-state index in [4.69, 9.17) is 0 Å². The van der Waals surface area contributed by atoms with Gasteiger partial charge in [0, 0.05) is 24.3 Å². The van der Waals surface area contributed by atoms with Gasteiger partial charge in [-0.15, -0.1) is 0 Å². The fourth-order valence-corrected chi connectivity index (χ4v) is 4.12. The van der Waals surface area contributed by atoms with Crippen LogP contribution in [-0.2, 0) is 11.2 Å². The summed E-state index contributed by atoms with van der Waals surface area (Å²) in [5.41, 5.74) is 2.57. The lowest BCUT2D eigenvalue weighted by molar-refractivity contribution is -0.117. The molecule has 150 valence electrons. The Morgan fingerprint density at radius 1 is 1.03 bits per heavy atom. The van der Waals surface area contributed by atoms with Crippen molar-refractivity contribution in [2.75, 3.05) is 24.5 Å². The van der Waals surface area contributed by atoms with Crippen LogP contribution in [0, 0.1) is 5.92 Å². The predicted octanol–water partition coefficient (Wildman–Crippen LogP) is 3.23. The van der Waals surface area contributed by atoms with Crippen LogP contribution in [0.15, 0.2) is 54.6 Å². The number of benzene rings is 2. The zero-order valence-electron chi connectivity index (χ0n) is 16.3. The van der Waals surface area contributed by atoms with E-state index in [0.717, 1.165) is 38.8 Å². The van der Waals surface area contributed by atoms with Gasteiger partial charge in [0.1, 0.15) is 6.54 Å². The summed E-state index contributed by atoms with van der Waals surface area (Å²) >= 11 is 0. The van der Waals surface area contributed by atoms with E-state index in [1.807, 2.05) is 11.0 Å². The molecular formula is C23H25N3O3. The van der Waals surface area contributed by atoms with Crippen molar-refractivity contribution < 1.29 is 14.4 Å². The number of urea groups is 1. The van der Waals surface area contributed by atoms with Crippen molar-refractivity contribution in [2.45, 2.75) is 25.7 Å². The summed E-state index contributed by atoms with van der Waals surface area (Å²) in [7, 11) is 0. The summed E-state index contributed by atoms with van der Waals surface area (Å²) in [6, 6.07) is 17.0. The summed E-state index contributed by atoms with van der Waals surface area (Å²) in [5, 5.41) is 2.26. The van der Waals surface area contributed by atoms with Gasteiger partial charge in [0.25, 0.3) is 5.91 Å². The summed E-state index contributed by atoms with van der Waals surface area (Å²) in [6.07, 6.45) is 4.32. The average Bonchev–Trinajstić information content (AvgIpc) is 3.11. The molecule has 0 radical (unpaired) electrons. The Balaban J connectivity index is 1.36. The first kappa shape index (κ1) is 19.2. The van der Waals surface area contributed by atoms with Crippen molar-refractivity contribution in [3.05, 3.63) is 65.7 Å². The number of anilines is 1. The third-order valence-corrected chi connectivity index (χ3v) is 5.71. The van der Waals surface area contributed by atoms with E-state index < -0.39 is 6.03 Å². The summed E-state index contributed by atoms with van der Waals surface area (Å²) in [6.45, 7) is 1.59. The van der Waals surface area contributed by atoms with E-state index in [0.29, 0.717) is 17.2 Å². The number of nitrogens with one attached hydrogen (secondary N) is 1. The third-order valence-electron chi connectivity index (χ3n) is 5.71. The van der Waals surface area contributed by atoms with Crippen LogP contribution in [0.25, 0.3) is 0 Å². The van der Waals surface area contributed by atoms with Crippen LogP contribution < -0.4 is 10.2 Å². The largest absolute Gasteiger partial charge is 0.338 e. The average molecular weight is 391 g/mol. The number of nitrogens with zero attached hydrogens (tertiary/aromatic N) is 2. The molecule has 2 saturated heterocycles. The molecule has 4 amide bonds. The van der Waals surface area contributed by atoms with Gasteiger partial charge in [0.2, 0.25) is 5.91 Å². The van der Waals surface area contributed by atoms with Gasteiger partial charge >= 0.3 is 6.03 Å². The topological polar surface area (TPSA) is 69.7 Å². The molecule has 0 unspecified atom stereocenters. The second-order valence-electron chi connectivity index (χ2n) is 7.77. The Morgan fingerprint density at radius 3 is 2.48 bits per heavy atom. The van der Waals surface area contributed by atoms with Gasteiger partial charge in [-0.05, 0) is 61.4 Å². The monoisotopic (exact) mass is 391 g/mol. The molecule has 2 aromatic rings. The number of piperidine rings is 1. The number of amides is 4. The van der Waals surface area contributed by atoms with E-state index in [-0.39, 0.29) is 18.4 Å². The summed E-state index contributed by atoms with van der Waals surface area (Å²) < 4.78 is 0. The second-order valence-corrected chi connectivity index (χ2v) is 7.77. The summed E-state index contributed by atoms with van der Waals surface area (Å²) in [5.74, 6) is 0.236. The first-order valence-electron chi connectivity index (χ1n) is 10.1. The number of rotatable bonds is 5. The van der Waals surface area contributed by atoms with Crippen LogP contribution in [0.1, 0.15) is 35.2 Å². The van der Waals surface area contributed by atoms with Crippen LogP contribution in [0.4, 0.5) is 10.5 Å². The van der Waals surface area contributed by atoms with E-state index in [1.165, 1.54) is 10.5 Å². The number of carbonyl (C=O) groups is 3. The fourth-order valence-electron chi connectivity index (χ4n) is 4.12. The molecule has 29 heavy (non-hydrogen) atoms. The van der Waals surface area contributed by atoms with Crippen molar-refractivity contribution >= 4 is 23.5 Å². The van der Waals surface area contributed by atoms with E-state index in [2.05, 4.69) is 29.6 Å². The minimum atomic E-state index is -0.425. The van der Waals surface area contributed by atoms with Crippen LogP contribution in [-0.4, -0.2) is 42.4 Å². The minimum absolute atomic E-state index is 0.0152. The molecule has 4 rings (SSSR count). The molecule has 2 aliphatic heterocycles. The zero-order chi connectivity index (χ0) is 20.2. The van der Waals surface area contributed by atoms with Crippen LogP contribution in [0.2, 0.25) is 0 Å². The molecule has 0 saturated carbocycles. The number of hydrogen-bond donors (Lipinski definition) is 1. The Kier molecular flexibility index (Phi) is 5.60. The molecule has 2 aliphatic rings. The van der Waals surface area contributed by atoms with Crippen LogP contribution in [0.3, 0.4) is 0 Å². The molecule has 0 aliphatic carbocycles. The quantitative estimate of drug-likeness (QED) is 0.796. The van der Waals surface area contributed by atoms with Crippen LogP contribution in [0.5, 0.6) is 0 Å². The highest BCUT2D eigenvalue weighted by Crippen LogP contribution is 2.24. The lowest BCUT2D eigenvalue weighted by atomic mass is 9.91. The van der Waals surface area contributed by atoms with Gasteiger partial charge in [-0.25, -0.2) is 4.79 Å². The molecule has 6 heteroatoms. The highest BCUT2D eigenvalue weighted by molar-refractivity contribution is 6.12. The molecule has 1 atom stereocenters. The van der Waals surface area contributed by atoms with Gasteiger partial charge < -0.3 is 4.90 Å². The maximum atomic E-state index is 12.9. The van der Waals surface area contributed by atoms with Crippen molar-refractivity contribution in [2.24, 2.45) is 5.92 Å². The minimum Gasteiger partial charge on any atom is -0.338 e. The first-order valence-corrected chi connectivity index (χ1v) is 10.1. The SMILES string of the molecule is O=C1CN(c2ccc(C(=O)N3CCC[C@H](CCc4ccccc4)C3)cc2)C(=O)N1. The highest BCUT2D eigenvalue weighted by Gasteiger charge is 2.28. The second kappa shape index (κ2) is 8.47. The summed E-state index contributed by atoms with van der Waals surface area (Å²) in [4.78, 5) is 39.4. The molecule has 2 aromatic carbocycles. The molecule has 1 N–H and O–H groups in total. The number of aryl methyl sites for hydroxylation is 1. The van der Waals surface area contributed by atoms with Gasteiger partial charge in [0.05, 0.1) is 0 Å². The molecule has 0 aromatic heterocycles. The van der Waals surface area contributed by atoms with Crippen LogP contribution >= 0.6 is 0 Å². The van der Waals surface area contributed by atoms with Gasteiger partial charge in [-0.1, -0.05) is 30.3 Å². The highest BCUT2D eigenvalue weighted by atomic mass is 16.2.